The Balaban J connectivity index is 2.04. The smallest absolute Gasteiger partial charge is 0.201 e. The molecule has 0 bridgehead atoms. The van der Waals surface area contributed by atoms with Gasteiger partial charge in [0.25, 0.3) is 0 Å². The number of hydrogen-bond acceptors (Lipinski definition) is 2. The topological polar surface area (TPSA) is 26.3 Å². The van der Waals surface area contributed by atoms with Gasteiger partial charge in [-0.2, -0.15) is 0 Å². The van der Waals surface area contributed by atoms with E-state index in [1.54, 1.807) is 37.3 Å². The second kappa shape index (κ2) is 5.97. The van der Waals surface area contributed by atoms with E-state index < -0.39 is 0 Å². The maximum absolute atomic E-state index is 13.3. The van der Waals surface area contributed by atoms with Crippen molar-refractivity contribution in [3.63, 3.8) is 0 Å². The summed E-state index contributed by atoms with van der Waals surface area (Å²) < 4.78 is 19.3. The Hall–Kier alpha value is -1.68. The average Bonchev–Trinajstić information content (AvgIpc) is 2.40. The van der Waals surface area contributed by atoms with Gasteiger partial charge in [-0.25, -0.2) is 4.39 Å². The van der Waals surface area contributed by atoms with Crippen LogP contribution in [0.2, 0.25) is 0 Å². The third-order valence-corrected chi connectivity index (χ3v) is 3.38. The highest BCUT2D eigenvalue weighted by Crippen LogP contribution is 2.19. The zero-order valence-corrected chi connectivity index (χ0v) is 11.9. The molecule has 19 heavy (non-hydrogen) atoms. The normalized spacial score (nSPS) is 10.3. The predicted molar refractivity (Wildman–Crippen MR) is 75.1 cm³/mol. The van der Waals surface area contributed by atoms with Crippen molar-refractivity contribution < 1.29 is 13.9 Å². The molecule has 0 aliphatic heterocycles. The van der Waals surface area contributed by atoms with E-state index >= 15 is 0 Å². The van der Waals surface area contributed by atoms with Crippen molar-refractivity contribution in [2.45, 2.75) is 6.92 Å². The molecule has 0 aromatic heterocycles. The highest BCUT2D eigenvalue weighted by Gasteiger charge is 2.10. The van der Waals surface area contributed by atoms with E-state index in [0.29, 0.717) is 16.9 Å². The summed E-state index contributed by atoms with van der Waals surface area (Å²) in [7, 11) is 0. The van der Waals surface area contributed by atoms with E-state index in [1.807, 2.05) is 6.07 Å². The molecule has 0 aliphatic rings. The summed E-state index contributed by atoms with van der Waals surface area (Å²) in [6.45, 7) is 1.55. The molecule has 2 aromatic rings. The van der Waals surface area contributed by atoms with E-state index in [9.17, 15) is 9.18 Å². The molecular weight excluding hydrogens is 311 g/mol. The van der Waals surface area contributed by atoms with Gasteiger partial charge in [0.1, 0.15) is 11.6 Å². The molecule has 0 fully saturated rings. The number of ether oxygens (including phenoxy) is 1. The van der Waals surface area contributed by atoms with Crippen LogP contribution in [0.1, 0.15) is 15.9 Å². The second-order valence-corrected chi connectivity index (χ2v) is 4.96. The minimum Gasteiger partial charge on any atom is -0.485 e. The van der Waals surface area contributed by atoms with Crippen molar-refractivity contribution in [1.82, 2.24) is 0 Å². The fourth-order valence-electron chi connectivity index (χ4n) is 1.58. The first-order chi connectivity index (χ1) is 9.08. The van der Waals surface area contributed by atoms with Gasteiger partial charge in [0.15, 0.2) is 6.61 Å². The summed E-state index contributed by atoms with van der Waals surface area (Å²) >= 11 is 3.31. The van der Waals surface area contributed by atoms with E-state index in [-0.39, 0.29) is 18.2 Å². The van der Waals surface area contributed by atoms with E-state index in [4.69, 9.17) is 4.74 Å². The molecule has 0 heterocycles. The number of rotatable bonds is 4. The van der Waals surface area contributed by atoms with Crippen LogP contribution in [-0.4, -0.2) is 12.4 Å². The number of Topliss-reactive ketones (excluding diaryl/α,β-unsaturated/α-hetero) is 1. The molecule has 2 nitrogen and oxygen atoms in total. The summed E-state index contributed by atoms with van der Waals surface area (Å²) in [5, 5.41) is 0. The third-order valence-electron chi connectivity index (χ3n) is 2.69. The lowest BCUT2D eigenvalue weighted by atomic mass is 10.1. The highest BCUT2D eigenvalue weighted by molar-refractivity contribution is 9.10. The molecule has 0 unspecified atom stereocenters. The molecular formula is C15H12BrFO2. The first-order valence-corrected chi connectivity index (χ1v) is 6.54. The molecule has 0 atom stereocenters. The van der Waals surface area contributed by atoms with Crippen molar-refractivity contribution in [3.05, 3.63) is 63.9 Å². The summed E-state index contributed by atoms with van der Waals surface area (Å²) in [6.07, 6.45) is 0. The van der Waals surface area contributed by atoms with Crippen molar-refractivity contribution in [3.8, 4) is 5.75 Å². The van der Waals surface area contributed by atoms with Crippen molar-refractivity contribution >= 4 is 21.7 Å². The number of ketones is 1. The zero-order chi connectivity index (χ0) is 13.8. The van der Waals surface area contributed by atoms with Crippen LogP contribution >= 0.6 is 15.9 Å². The quantitative estimate of drug-likeness (QED) is 0.790. The zero-order valence-electron chi connectivity index (χ0n) is 10.3. The van der Waals surface area contributed by atoms with E-state index in [0.717, 1.165) is 4.47 Å². The molecule has 0 saturated heterocycles. The van der Waals surface area contributed by atoms with Crippen molar-refractivity contribution in [2.24, 2.45) is 0 Å². The van der Waals surface area contributed by atoms with Gasteiger partial charge >= 0.3 is 0 Å². The van der Waals surface area contributed by atoms with Gasteiger partial charge in [0.05, 0.1) is 0 Å². The van der Waals surface area contributed by atoms with Crippen LogP contribution in [-0.2, 0) is 0 Å². The van der Waals surface area contributed by atoms with E-state index in [2.05, 4.69) is 15.9 Å². The SMILES string of the molecule is Cc1ccc(OCC(=O)c2ccccc2Br)cc1F. The van der Waals surface area contributed by atoms with Crippen LogP contribution in [0, 0.1) is 12.7 Å². The van der Waals surface area contributed by atoms with Gasteiger partial charge in [-0.05, 0) is 24.6 Å². The van der Waals surface area contributed by atoms with Gasteiger partial charge in [0, 0.05) is 16.1 Å². The Bertz CT molecular complexity index is 611. The average molecular weight is 323 g/mol. The van der Waals surface area contributed by atoms with Crippen molar-refractivity contribution in [1.29, 1.82) is 0 Å². The lowest BCUT2D eigenvalue weighted by Gasteiger charge is -2.07. The van der Waals surface area contributed by atoms with Crippen molar-refractivity contribution in [2.75, 3.05) is 6.61 Å². The number of carbonyl (C=O) groups is 1. The van der Waals surface area contributed by atoms with Crippen LogP contribution in [0.4, 0.5) is 4.39 Å². The van der Waals surface area contributed by atoms with Crippen LogP contribution in [0.5, 0.6) is 5.75 Å². The standard InChI is InChI=1S/C15H12BrFO2/c1-10-6-7-11(8-14(10)17)19-9-15(18)12-4-2-3-5-13(12)16/h2-8H,9H2,1H3. The van der Waals surface area contributed by atoms with Crippen LogP contribution in [0.25, 0.3) is 0 Å². The molecule has 0 amide bonds. The van der Waals surface area contributed by atoms with Gasteiger partial charge in [-0.1, -0.05) is 40.2 Å². The maximum Gasteiger partial charge on any atom is 0.201 e. The summed E-state index contributed by atoms with van der Waals surface area (Å²) in [6, 6.07) is 11.7. The number of hydrogen-bond donors (Lipinski definition) is 0. The largest absolute Gasteiger partial charge is 0.485 e. The molecule has 0 N–H and O–H groups in total. The number of carbonyl (C=O) groups excluding carboxylic acids is 1. The monoisotopic (exact) mass is 322 g/mol. The molecule has 98 valence electrons. The lowest BCUT2D eigenvalue weighted by Crippen LogP contribution is -2.12. The third kappa shape index (κ3) is 3.41. The second-order valence-electron chi connectivity index (χ2n) is 4.10. The first kappa shape index (κ1) is 13.7. The Morgan fingerprint density at radius 3 is 2.68 bits per heavy atom. The molecule has 0 spiro atoms. The number of benzene rings is 2. The number of aryl methyl sites for hydroxylation is 1. The fourth-order valence-corrected chi connectivity index (χ4v) is 2.08. The Labute approximate surface area is 119 Å². The summed E-state index contributed by atoms with van der Waals surface area (Å²) in [5.41, 5.74) is 1.10. The minimum absolute atomic E-state index is 0.120. The highest BCUT2D eigenvalue weighted by atomic mass is 79.9. The Morgan fingerprint density at radius 2 is 2.00 bits per heavy atom. The number of halogens is 2. The predicted octanol–water partition coefficient (Wildman–Crippen LogP) is 4.16. The van der Waals surface area contributed by atoms with Gasteiger partial charge in [0.2, 0.25) is 5.78 Å². The minimum atomic E-state index is -0.342. The maximum atomic E-state index is 13.3. The summed E-state index contributed by atoms with van der Waals surface area (Å²) in [4.78, 5) is 11.9. The van der Waals surface area contributed by atoms with Gasteiger partial charge in [-0.3, -0.25) is 4.79 Å². The van der Waals surface area contributed by atoms with Crippen LogP contribution < -0.4 is 4.74 Å². The fraction of sp³-hybridized carbons (Fsp3) is 0.133. The lowest BCUT2D eigenvalue weighted by molar-refractivity contribution is 0.0920. The first-order valence-electron chi connectivity index (χ1n) is 5.74. The molecule has 4 heteroatoms. The molecule has 2 rings (SSSR count). The van der Waals surface area contributed by atoms with Crippen LogP contribution in [0.3, 0.4) is 0 Å². The molecule has 0 aliphatic carbocycles. The van der Waals surface area contributed by atoms with Crippen LogP contribution in [0.15, 0.2) is 46.9 Å². The van der Waals surface area contributed by atoms with Gasteiger partial charge in [-0.15, -0.1) is 0 Å². The van der Waals surface area contributed by atoms with Gasteiger partial charge < -0.3 is 4.74 Å². The Morgan fingerprint density at radius 1 is 1.26 bits per heavy atom. The van der Waals surface area contributed by atoms with E-state index in [1.165, 1.54) is 6.07 Å². The Kier molecular flexibility index (Phi) is 4.32. The molecule has 2 aromatic carbocycles. The summed E-state index contributed by atoms with van der Waals surface area (Å²) in [5.74, 6) is -0.150. The molecule has 0 radical (unpaired) electrons. The molecule has 0 saturated carbocycles.